The molecule has 0 radical (unpaired) electrons. The number of thioether (sulfide) groups is 1. The Hall–Kier alpha value is -1.84. The SMILES string of the molecule is N#CC1(CCCSc2nc(Cc3ccccc3)no2)CCOCC1. The lowest BCUT2D eigenvalue weighted by atomic mass is 9.78. The monoisotopic (exact) mass is 343 g/mol. The lowest BCUT2D eigenvalue weighted by Gasteiger charge is -2.30. The number of benzene rings is 1. The molecule has 1 aromatic heterocycles. The zero-order valence-electron chi connectivity index (χ0n) is 13.6. The van der Waals surface area contributed by atoms with E-state index in [4.69, 9.17) is 9.26 Å². The first-order valence-corrected chi connectivity index (χ1v) is 9.27. The van der Waals surface area contributed by atoms with Crippen LogP contribution in [-0.4, -0.2) is 29.1 Å². The molecular formula is C18H21N3O2S. The van der Waals surface area contributed by atoms with E-state index in [1.165, 1.54) is 5.56 Å². The van der Waals surface area contributed by atoms with Crippen LogP contribution in [0.4, 0.5) is 0 Å². The van der Waals surface area contributed by atoms with Crippen LogP contribution in [0.3, 0.4) is 0 Å². The van der Waals surface area contributed by atoms with Crippen molar-refractivity contribution in [3.8, 4) is 6.07 Å². The van der Waals surface area contributed by atoms with Gasteiger partial charge in [-0.1, -0.05) is 47.3 Å². The molecule has 0 atom stereocenters. The number of nitriles is 1. The van der Waals surface area contributed by atoms with E-state index in [-0.39, 0.29) is 5.41 Å². The second kappa shape index (κ2) is 8.32. The number of aromatic nitrogens is 2. The standard InChI is InChI=1S/C18H21N3O2S/c19-14-18(8-10-22-11-9-18)7-4-12-24-17-20-16(21-23-17)13-15-5-2-1-3-6-15/h1-3,5-6H,4,7-13H2. The van der Waals surface area contributed by atoms with Gasteiger partial charge in [-0.15, -0.1) is 0 Å². The van der Waals surface area contributed by atoms with Crippen LogP contribution < -0.4 is 0 Å². The second-order valence-electron chi connectivity index (χ2n) is 6.10. The zero-order chi connectivity index (χ0) is 16.7. The van der Waals surface area contributed by atoms with E-state index >= 15 is 0 Å². The van der Waals surface area contributed by atoms with Crippen LogP contribution in [-0.2, 0) is 11.2 Å². The van der Waals surface area contributed by atoms with Gasteiger partial charge in [0.2, 0.25) is 0 Å². The summed E-state index contributed by atoms with van der Waals surface area (Å²) >= 11 is 1.57. The summed E-state index contributed by atoms with van der Waals surface area (Å²) in [6.45, 7) is 1.40. The van der Waals surface area contributed by atoms with Crippen molar-refractivity contribution in [3.05, 3.63) is 41.7 Å². The van der Waals surface area contributed by atoms with Crippen molar-refractivity contribution in [1.82, 2.24) is 10.1 Å². The number of hydrogen-bond acceptors (Lipinski definition) is 6. The Bertz CT molecular complexity index is 675. The predicted octanol–water partition coefficient (Wildman–Crippen LogP) is 3.85. The van der Waals surface area contributed by atoms with E-state index in [2.05, 4.69) is 28.3 Å². The second-order valence-corrected chi connectivity index (χ2v) is 7.14. The number of hydrogen-bond donors (Lipinski definition) is 0. The summed E-state index contributed by atoms with van der Waals surface area (Å²) in [5.41, 5.74) is 0.969. The Kier molecular flexibility index (Phi) is 5.89. The van der Waals surface area contributed by atoms with Crippen LogP contribution in [0.5, 0.6) is 0 Å². The summed E-state index contributed by atoms with van der Waals surface area (Å²) in [6.07, 6.45) is 4.24. The molecule has 0 unspecified atom stereocenters. The summed E-state index contributed by atoms with van der Waals surface area (Å²) < 4.78 is 10.7. The summed E-state index contributed by atoms with van der Waals surface area (Å²) in [4.78, 5) is 4.43. The maximum atomic E-state index is 9.45. The van der Waals surface area contributed by atoms with E-state index in [1.54, 1.807) is 11.8 Å². The van der Waals surface area contributed by atoms with Gasteiger partial charge >= 0.3 is 0 Å². The Morgan fingerprint density at radius 3 is 2.75 bits per heavy atom. The molecule has 2 heterocycles. The minimum absolute atomic E-state index is 0.202. The summed E-state index contributed by atoms with van der Waals surface area (Å²) in [7, 11) is 0. The molecule has 24 heavy (non-hydrogen) atoms. The van der Waals surface area contributed by atoms with E-state index in [9.17, 15) is 5.26 Å². The Labute approximate surface area is 146 Å². The molecule has 1 saturated heterocycles. The normalized spacial score (nSPS) is 16.6. The first-order valence-electron chi connectivity index (χ1n) is 8.28. The third-order valence-electron chi connectivity index (χ3n) is 4.37. The molecule has 3 rings (SSSR count). The molecule has 6 heteroatoms. The molecule has 2 aromatic rings. The highest BCUT2D eigenvalue weighted by atomic mass is 32.2. The topological polar surface area (TPSA) is 71.9 Å². The first-order chi connectivity index (χ1) is 11.8. The lowest BCUT2D eigenvalue weighted by Crippen LogP contribution is -2.28. The number of nitrogens with zero attached hydrogens (tertiary/aromatic N) is 3. The van der Waals surface area contributed by atoms with Gasteiger partial charge in [0.1, 0.15) is 0 Å². The molecule has 1 aliphatic heterocycles. The molecular weight excluding hydrogens is 322 g/mol. The molecule has 0 aliphatic carbocycles. The first kappa shape index (κ1) is 17.0. The molecule has 1 fully saturated rings. The highest BCUT2D eigenvalue weighted by Gasteiger charge is 2.31. The minimum atomic E-state index is -0.202. The van der Waals surface area contributed by atoms with Crippen molar-refractivity contribution in [1.29, 1.82) is 5.26 Å². The van der Waals surface area contributed by atoms with E-state index < -0.39 is 0 Å². The van der Waals surface area contributed by atoms with Crippen molar-refractivity contribution in [2.45, 2.75) is 37.3 Å². The van der Waals surface area contributed by atoms with Gasteiger partial charge in [0.15, 0.2) is 5.82 Å². The third-order valence-corrected chi connectivity index (χ3v) is 5.27. The number of rotatable bonds is 7. The predicted molar refractivity (Wildman–Crippen MR) is 91.6 cm³/mol. The largest absolute Gasteiger partial charge is 0.381 e. The maximum absolute atomic E-state index is 9.45. The summed E-state index contributed by atoms with van der Waals surface area (Å²) in [6, 6.07) is 12.6. The molecule has 0 N–H and O–H groups in total. The van der Waals surface area contributed by atoms with E-state index in [0.29, 0.717) is 30.7 Å². The van der Waals surface area contributed by atoms with Gasteiger partial charge in [0, 0.05) is 25.4 Å². The van der Waals surface area contributed by atoms with Gasteiger partial charge in [0.05, 0.1) is 11.5 Å². The summed E-state index contributed by atoms with van der Waals surface area (Å²) in [5.74, 6) is 1.60. The Balaban J connectivity index is 1.43. The molecule has 0 saturated carbocycles. The molecule has 0 spiro atoms. The van der Waals surface area contributed by atoms with Crippen LogP contribution in [0.15, 0.2) is 40.1 Å². The minimum Gasteiger partial charge on any atom is -0.381 e. The van der Waals surface area contributed by atoms with Crippen LogP contribution in [0.2, 0.25) is 0 Å². The Morgan fingerprint density at radius 1 is 1.21 bits per heavy atom. The molecule has 1 aromatic carbocycles. The van der Waals surface area contributed by atoms with Crippen LogP contribution >= 0.6 is 11.8 Å². The van der Waals surface area contributed by atoms with Crippen molar-refractivity contribution in [2.75, 3.05) is 19.0 Å². The van der Waals surface area contributed by atoms with Gasteiger partial charge in [-0.2, -0.15) is 10.2 Å². The fourth-order valence-electron chi connectivity index (χ4n) is 2.90. The maximum Gasteiger partial charge on any atom is 0.285 e. The van der Waals surface area contributed by atoms with E-state index in [0.717, 1.165) is 31.4 Å². The molecule has 0 amide bonds. The fourth-order valence-corrected chi connectivity index (χ4v) is 3.62. The molecule has 5 nitrogen and oxygen atoms in total. The fraction of sp³-hybridized carbons (Fsp3) is 0.500. The van der Waals surface area contributed by atoms with Gasteiger partial charge in [0.25, 0.3) is 5.22 Å². The smallest absolute Gasteiger partial charge is 0.285 e. The van der Waals surface area contributed by atoms with Gasteiger partial charge in [-0.25, -0.2) is 0 Å². The van der Waals surface area contributed by atoms with Crippen molar-refractivity contribution in [2.24, 2.45) is 5.41 Å². The zero-order valence-corrected chi connectivity index (χ0v) is 14.4. The van der Waals surface area contributed by atoms with Crippen LogP contribution in [0.25, 0.3) is 0 Å². The molecule has 126 valence electrons. The highest BCUT2D eigenvalue weighted by molar-refractivity contribution is 7.99. The van der Waals surface area contributed by atoms with Crippen molar-refractivity contribution in [3.63, 3.8) is 0 Å². The molecule has 0 bridgehead atoms. The lowest BCUT2D eigenvalue weighted by molar-refractivity contribution is 0.0368. The van der Waals surface area contributed by atoms with Crippen LogP contribution in [0, 0.1) is 16.7 Å². The van der Waals surface area contributed by atoms with Crippen LogP contribution in [0.1, 0.15) is 37.1 Å². The third kappa shape index (κ3) is 4.59. The van der Waals surface area contributed by atoms with Crippen molar-refractivity contribution < 1.29 is 9.26 Å². The van der Waals surface area contributed by atoms with Gasteiger partial charge in [-0.05, 0) is 31.2 Å². The average molecular weight is 343 g/mol. The van der Waals surface area contributed by atoms with E-state index in [1.807, 2.05) is 18.2 Å². The summed E-state index contributed by atoms with van der Waals surface area (Å²) in [5, 5.41) is 14.1. The quantitative estimate of drug-likeness (QED) is 0.561. The Morgan fingerprint density at radius 2 is 2.00 bits per heavy atom. The van der Waals surface area contributed by atoms with Gasteiger partial charge < -0.3 is 9.26 Å². The molecule has 1 aliphatic rings. The average Bonchev–Trinajstić information content (AvgIpc) is 3.08. The van der Waals surface area contributed by atoms with Crippen molar-refractivity contribution >= 4 is 11.8 Å². The van der Waals surface area contributed by atoms with Gasteiger partial charge in [-0.3, -0.25) is 0 Å². The number of ether oxygens (including phenoxy) is 1. The highest BCUT2D eigenvalue weighted by Crippen LogP contribution is 2.35.